The van der Waals surface area contributed by atoms with Crippen LogP contribution in [0.25, 0.3) is 5.65 Å². The van der Waals surface area contributed by atoms with Crippen molar-refractivity contribution in [3.8, 4) is 0 Å². The van der Waals surface area contributed by atoms with Crippen LogP contribution in [-0.4, -0.2) is 26.4 Å². The Labute approximate surface area is 99.2 Å². The largest absolute Gasteiger partial charge is 0.328 e. The molecule has 2 aromatic heterocycles. The fourth-order valence-corrected chi connectivity index (χ4v) is 2.37. The number of thioether (sulfide) groups is 1. The average Bonchev–Trinajstić information content (AvgIpc) is 2.68. The number of aromatic nitrogens is 3. The topological polar surface area (TPSA) is 56.2 Å². The van der Waals surface area contributed by atoms with Gasteiger partial charge in [0.1, 0.15) is 0 Å². The second kappa shape index (κ2) is 5.32. The first-order chi connectivity index (χ1) is 7.77. The van der Waals surface area contributed by atoms with Gasteiger partial charge in [0.05, 0.1) is 0 Å². The monoisotopic (exact) mass is 236 g/mol. The summed E-state index contributed by atoms with van der Waals surface area (Å²) in [6.45, 7) is 2.04. The quantitative estimate of drug-likeness (QED) is 0.637. The van der Waals surface area contributed by atoms with Crippen molar-refractivity contribution in [2.24, 2.45) is 5.73 Å². The van der Waals surface area contributed by atoms with E-state index in [-0.39, 0.29) is 6.04 Å². The molecule has 0 aliphatic heterocycles. The molecule has 1 unspecified atom stereocenters. The fourth-order valence-electron chi connectivity index (χ4n) is 1.49. The Kier molecular flexibility index (Phi) is 3.79. The Bertz CT molecular complexity index is 452. The number of fused-ring (bicyclic) bond motifs is 1. The molecule has 0 aromatic carbocycles. The maximum Gasteiger partial charge on any atom is 0.195 e. The lowest BCUT2D eigenvalue weighted by Crippen LogP contribution is -2.14. The van der Waals surface area contributed by atoms with Crippen LogP contribution >= 0.6 is 11.8 Å². The van der Waals surface area contributed by atoms with Gasteiger partial charge in [-0.3, -0.25) is 4.40 Å². The summed E-state index contributed by atoms with van der Waals surface area (Å²) in [6.07, 6.45) is 4.16. The van der Waals surface area contributed by atoms with Crippen LogP contribution < -0.4 is 5.73 Å². The number of nitrogens with zero attached hydrogens (tertiary/aromatic N) is 3. The minimum Gasteiger partial charge on any atom is -0.328 e. The highest BCUT2D eigenvalue weighted by Gasteiger charge is 2.04. The summed E-state index contributed by atoms with van der Waals surface area (Å²) in [5.41, 5.74) is 6.60. The van der Waals surface area contributed by atoms with Crippen LogP contribution in [0.3, 0.4) is 0 Å². The first-order valence-corrected chi connectivity index (χ1v) is 6.44. The summed E-state index contributed by atoms with van der Waals surface area (Å²) < 4.78 is 2.01. The Morgan fingerprint density at radius 3 is 3.12 bits per heavy atom. The van der Waals surface area contributed by atoms with Gasteiger partial charge in [0, 0.05) is 18.0 Å². The molecule has 0 amide bonds. The van der Waals surface area contributed by atoms with Crippen molar-refractivity contribution < 1.29 is 0 Å². The normalized spacial score (nSPS) is 13.1. The lowest BCUT2D eigenvalue weighted by Gasteiger charge is -2.03. The summed E-state index contributed by atoms with van der Waals surface area (Å²) in [7, 11) is 0. The first kappa shape index (κ1) is 11.4. The van der Waals surface area contributed by atoms with Gasteiger partial charge >= 0.3 is 0 Å². The van der Waals surface area contributed by atoms with Crippen molar-refractivity contribution in [1.29, 1.82) is 0 Å². The summed E-state index contributed by atoms with van der Waals surface area (Å²) in [6, 6.07) is 6.20. The van der Waals surface area contributed by atoms with E-state index in [4.69, 9.17) is 5.73 Å². The standard InChI is InChI=1S/C11H16N4S/c1-9(12)5-4-8-16-11-14-13-10-6-2-3-7-15(10)11/h2-3,6-7,9H,4-5,8,12H2,1H3. The highest BCUT2D eigenvalue weighted by Crippen LogP contribution is 2.18. The van der Waals surface area contributed by atoms with Crippen molar-refractivity contribution in [2.45, 2.75) is 31.0 Å². The van der Waals surface area contributed by atoms with Crippen LogP contribution in [0.5, 0.6) is 0 Å². The predicted octanol–water partition coefficient (Wildman–Crippen LogP) is 1.95. The lowest BCUT2D eigenvalue weighted by atomic mass is 10.2. The Morgan fingerprint density at radius 1 is 1.44 bits per heavy atom. The Balaban J connectivity index is 1.94. The van der Waals surface area contributed by atoms with E-state index in [9.17, 15) is 0 Å². The van der Waals surface area contributed by atoms with E-state index in [2.05, 4.69) is 10.2 Å². The number of nitrogens with two attached hydrogens (primary N) is 1. The molecule has 0 radical (unpaired) electrons. The van der Waals surface area contributed by atoms with Crippen molar-refractivity contribution in [3.05, 3.63) is 24.4 Å². The van der Waals surface area contributed by atoms with E-state index < -0.39 is 0 Å². The molecule has 0 aliphatic carbocycles. The van der Waals surface area contributed by atoms with E-state index in [0.717, 1.165) is 29.4 Å². The zero-order chi connectivity index (χ0) is 11.4. The van der Waals surface area contributed by atoms with Crippen molar-refractivity contribution in [2.75, 3.05) is 5.75 Å². The zero-order valence-corrected chi connectivity index (χ0v) is 10.2. The third-order valence-corrected chi connectivity index (χ3v) is 3.35. The van der Waals surface area contributed by atoms with E-state index in [0.29, 0.717) is 0 Å². The summed E-state index contributed by atoms with van der Waals surface area (Å²) >= 11 is 1.73. The molecular formula is C11H16N4S. The van der Waals surface area contributed by atoms with Gasteiger partial charge in [-0.1, -0.05) is 17.8 Å². The smallest absolute Gasteiger partial charge is 0.195 e. The molecule has 16 heavy (non-hydrogen) atoms. The molecule has 0 aliphatic rings. The van der Waals surface area contributed by atoms with E-state index >= 15 is 0 Å². The van der Waals surface area contributed by atoms with Gasteiger partial charge in [0.15, 0.2) is 10.8 Å². The molecule has 0 bridgehead atoms. The number of hydrogen-bond acceptors (Lipinski definition) is 4. The fraction of sp³-hybridized carbons (Fsp3) is 0.455. The van der Waals surface area contributed by atoms with Crippen molar-refractivity contribution >= 4 is 17.4 Å². The molecular weight excluding hydrogens is 220 g/mol. The molecule has 86 valence electrons. The average molecular weight is 236 g/mol. The molecule has 5 heteroatoms. The molecule has 0 saturated carbocycles. The predicted molar refractivity (Wildman–Crippen MR) is 66.6 cm³/mol. The number of rotatable bonds is 5. The third-order valence-electron chi connectivity index (χ3n) is 2.32. The molecule has 0 spiro atoms. The molecule has 0 saturated heterocycles. The second-order valence-electron chi connectivity index (χ2n) is 3.88. The summed E-state index contributed by atoms with van der Waals surface area (Å²) in [5.74, 6) is 1.04. The van der Waals surface area contributed by atoms with Gasteiger partial charge in [-0.05, 0) is 31.9 Å². The highest BCUT2D eigenvalue weighted by molar-refractivity contribution is 7.99. The highest BCUT2D eigenvalue weighted by atomic mass is 32.2. The molecule has 2 heterocycles. The van der Waals surface area contributed by atoms with E-state index in [1.165, 1.54) is 0 Å². The number of pyridine rings is 1. The SMILES string of the molecule is CC(N)CCCSc1nnc2ccccn12. The van der Waals surface area contributed by atoms with Crippen LogP contribution in [0.2, 0.25) is 0 Å². The Hall–Kier alpha value is -1.07. The lowest BCUT2D eigenvalue weighted by molar-refractivity contribution is 0.656. The van der Waals surface area contributed by atoms with E-state index in [1.807, 2.05) is 35.7 Å². The van der Waals surface area contributed by atoms with Gasteiger partial charge in [-0.2, -0.15) is 0 Å². The number of hydrogen-bond donors (Lipinski definition) is 1. The summed E-state index contributed by atoms with van der Waals surface area (Å²) in [4.78, 5) is 0. The first-order valence-electron chi connectivity index (χ1n) is 5.45. The maximum atomic E-state index is 5.70. The molecule has 4 nitrogen and oxygen atoms in total. The molecule has 2 N–H and O–H groups in total. The molecule has 2 aromatic rings. The van der Waals surface area contributed by atoms with Crippen LogP contribution in [0.4, 0.5) is 0 Å². The van der Waals surface area contributed by atoms with Gasteiger partial charge in [0.2, 0.25) is 0 Å². The van der Waals surface area contributed by atoms with Gasteiger partial charge < -0.3 is 5.73 Å². The van der Waals surface area contributed by atoms with E-state index in [1.54, 1.807) is 11.8 Å². The second-order valence-corrected chi connectivity index (χ2v) is 4.94. The summed E-state index contributed by atoms with van der Waals surface area (Å²) in [5, 5.41) is 9.22. The third kappa shape index (κ3) is 2.74. The maximum absolute atomic E-state index is 5.70. The molecule has 0 fully saturated rings. The van der Waals surface area contributed by atoms with Gasteiger partial charge in [0.25, 0.3) is 0 Å². The Morgan fingerprint density at radius 2 is 2.31 bits per heavy atom. The molecule has 2 rings (SSSR count). The van der Waals surface area contributed by atoms with Crippen LogP contribution in [-0.2, 0) is 0 Å². The van der Waals surface area contributed by atoms with Gasteiger partial charge in [-0.25, -0.2) is 0 Å². The molecule has 1 atom stereocenters. The van der Waals surface area contributed by atoms with Crippen molar-refractivity contribution in [3.63, 3.8) is 0 Å². The van der Waals surface area contributed by atoms with Crippen molar-refractivity contribution in [1.82, 2.24) is 14.6 Å². The minimum absolute atomic E-state index is 0.288. The minimum atomic E-state index is 0.288. The zero-order valence-electron chi connectivity index (χ0n) is 9.34. The van der Waals surface area contributed by atoms with Crippen LogP contribution in [0.1, 0.15) is 19.8 Å². The van der Waals surface area contributed by atoms with Gasteiger partial charge in [-0.15, -0.1) is 10.2 Å². The van der Waals surface area contributed by atoms with Crippen LogP contribution in [0.15, 0.2) is 29.6 Å². The van der Waals surface area contributed by atoms with Crippen LogP contribution in [0, 0.1) is 0 Å².